The SMILES string of the molecule is CCc1ccccc1NC(=O)c1nc(C(=O)NC(C)(C)C)c2n1CCCC2. The summed E-state index contributed by atoms with van der Waals surface area (Å²) in [4.78, 5) is 30.1. The van der Waals surface area contributed by atoms with Crippen molar-refractivity contribution in [1.29, 1.82) is 0 Å². The average Bonchev–Trinajstić information content (AvgIpc) is 3.01. The number of nitrogens with zero attached hydrogens (tertiary/aromatic N) is 2. The van der Waals surface area contributed by atoms with E-state index in [2.05, 4.69) is 22.5 Å². The lowest BCUT2D eigenvalue weighted by Crippen LogP contribution is -2.41. The molecule has 1 aromatic carbocycles. The molecular weight excluding hydrogens is 340 g/mol. The molecule has 2 amide bonds. The zero-order chi connectivity index (χ0) is 19.6. The number of anilines is 1. The van der Waals surface area contributed by atoms with Gasteiger partial charge >= 0.3 is 0 Å². The Balaban J connectivity index is 1.93. The predicted octanol–water partition coefficient (Wildman–Crippen LogP) is 3.56. The highest BCUT2D eigenvalue weighted by atomic mass is 16.2. The summed E-state index contributed by atoms with van der Waals surface area (Å²) >= 11 is 0. The van der Waals surface area contributed by atoms with Crippen molar-refractivity contribution in [3.63, 3.8) is 0 Å². The summed E-state index contributed by atoms with van der Waals surface area (Å²) in [6, 6.07) is 7.75. The molecule has 2 N–H and O–H groups in total. The Morgan fingerprint density at radius 1 is 1.15 bits per heavy atom. The Hall–Kier alpha value is -2.63. The number of benzene rings is 1. The molecule has 27 heavy (non-hydrogen) atoms. The molecule has 0 atom stereocenters. The Morgan fingerprint density at radius 3 is 2.59 bits per heavy atom. The smallest absolute Gasteiger partial charge is 0.291 e. The summed E-state index contributed by atoms with van der Waals surface area (Å²) in [5.41, 5.74) is 2.74. The lowest BCUT2D eigenvalue weighted by Gasteiger charge is -2.21. The van der Waals surface area contributed by atoms with Crippen molar-refractivity contribution >= 4 is 17.5 Å². The van der Waals surface area contributed by atoms with Crippen molar-refractivity contribution in [3.8, 4) is 0 Å². The fourth-order valence-corrected chi connectivity index (χ4v) is 3.43. The number of amides is 2. The van der Waals surface area contributed by atoms with E-state index in [1.165, 1.54) is 0 Å². The summed E-state index contributed by atoms with van der Waals surface area (Å²) in [5.74, 6) is -0.176. The molecule has 0 unspecified atom stereocenters. The van der Waals surface area contributed by atoms with Gasteiger partial charge < -0.3 is 15.2 Å². The van der Waals surface area contributed by atoms with Crippen LogP contribution in [0.3, 0.4) is 0 Å². The number of hydrogen-bond donors (Lipinski definition) is 2. The normalized spacial score (nSPS) is 13.8. The number of imidazole rings is 1. The fourth-order valence-electron chi connectivity index (χ4n) is 3.43. The van der Waals surface area contributed by atoms with Gasteiger partial charge in [0, 0.05) is 17.8 Å². The minimum atomic E-state index is -0.356. The summed E-state index contributed by atoms with van der Waals surface area (Å²) in [6.07, 6.45) is 3.57. The number of carbonyl (C=O) groups excluding carboxylic acids is 2. The quantitative estimate of drug-likeness (QED) is 0.866. The highest BCUT2D eigenvalue weighted by Crippen LogP contribution is 2.23. The number of aromatic nitrogens is 2. The third kappa shape index (κ3) is 4.21. The van der Waals surface area contributed by atoms with Gasteiger partial charge in [0.15, 0.2) is 5.82 Å². The number of aryl methyl sites for hydroxylation is 1. The van der Waals surface area contributed by atoms with E-state index in [1.54, 1.807) is 0 Å². The van der Waals surface area contributed by atoms with Gasteiger partial charge in [-0.3, -0.25) is 9.59 Å². The van der Waals surface area contributed by atoms with Crippen LogP contribution >= 0.6 is 0 Å². The average molecular weight is 368 g/mol. The summed E-state index contributed by atoms with van der Waals surface area (Å²) in [6.45, 7) is 8.56. The zero-order valence-corrected chi connectivity index (χ0v) is 16.6. The van der Waals surface area contributed by atoms with E-state index in [1.807, 2.05) is 49.6 Å². The molecule has 3 rings (SSSR count). The summed E-state index contributed by atoms with van der Waals surface area (Å²) in [5, 5.41) is 5.93. The van der Waals surface area contributed by atoms with Crippen molar-refractivity contribution in [2.45, 2.75) is 65.5 Å². The van der Waals surface area contributed by atoms with Gasteiger partial charge in [-0.05, 0) is 58.1 Å². The van der Waals surface area contributed by atoms with Gasteiger partial charge in [-0.25, -0.2) is 4.98 Å². The minimum absolute atomic E-state index is 0.221. The summed E-state index contributed by atoms with van der Waals surface area (Å²) in [7, 11) is 0. The fraction of sp³-hybridized carbons (Fsp3) is 0.476. The van der Waals surface area contributed by atoms with Crippen LogP contribution in [-0.2, 0) is 19.4 Å². The molecule has 144 valence electrons. The van der Waals surface area contributed by atoms with Crippen LogP contribution in [0.1, 0.15) is 72.9 Å². The standard InChI is InChI=1S/C21H28N4O2/c1-5-14-10-6-7-11-15(14)22-20(27)18-23-17(19(26)24-21(2,3)4)16-12-8-9-13-25(16)18/h6-7,10-11H,5,8-9,12-13H2,1-4H3,(H,22,27)(H,24,26). The highest BCUT2D eigenvalue weighted by molar-refractivity contribution is 6.04. The van der Waals surface area contributed by atoms with Gasteiger partial charge in [0.1, 0.15) is 5.69 Å². The van der Waals surface area contributed by atoms with E-state index >= 15 is 0 Å². The lowest BCUT2D eigenvalue weighted by molar-refractivity contribution is 0.0913. The Kier molecular flexibility index (Phi) is 5.35. The molecule has 6 nitrogen and oxygen atoms in total. The Labute approximate surface area is 160 Å². The first-order valence-electron chi connectivity index (χ1n) is 9.61. The van der Waals surface area contributed by atoms with E-state index in [9.17, 15) is 9.59 Å². The molecule has 6 heteroatoms. The first kappa shape index (κ1) is 19.1. The number of hydrogen-bond acceptors (Lipinski definition) is 3. The number of para-hydroxylation sites is 1. The first-order chi connectivity index (χ1) is 12.8. The largest absolute Gasteiger partial charge is 0.346 e. The summed E-state index contributed by atoms with van der Waals surface area (Å²) < 4.78 is 1.91. The molecule has 2 aromatic rings. The van der Waals surface area contributed by atoms with Crippen LogP contribution in [0, 0.1) is 0 Å². The number of carbonyl (C=O) groups is 2. The number of fused-ring (bicyclic) bond motifs is 1. The molecular formula is C21H28N4O2. The van der Waals surface area contributed by atoms with Crippen LogP contribution in [0.5, 0.6) is 0 Å². The number of rotatable bonds is 4. The van der Waals surface area contributed by atoms with Crippen LogP contribution in [-0.4, -0.2) is 26.9 Å². The predicted molar refractivity (Wildman–Crippen MR) is 106 cm³/mol. The third-order valence-corrected chi connectivity index (χ3v) is 4.67. The van der Waals surface area contributed by atoms with Gasteiger partial charge in [0.2, 0.25) is 0 Å². The molecule has 0 fully saturated rings. The third-order valence-electron chi connectivity index (χ3n) is 4.67. The monoisotopic (exact) mass is 368 g/mol. The molecule has 2 heterocycles. The maximum atomic E-state index is 12.9. The molecule has 0 radical (unpaired) electrons. The molecule has 0 bridgehead atoms. The number of nitrogens with one attached hydrogen (secondary N) is 2. The Bertz CT molecular complexity index is 862. The van der Waals surface area contributed by atoms with Crippen LogP contribution in [0.25, 0.3) is 0 Å². The van der Waals surface area contributed by atoms with Crippen LogP contribution in [0.15, 0.2) is 24.3 Å². The van der Waals surface area contributed by atoms with E-state index in [4.69, 9.17) is 0 Å². The molecule has 0 spiro atoms. The molecule has 0 saturated heterocycles. The molecule has 1 aliphatic rings. The second-order valence-electron chi connectivity index (χ2n) is 8.01. The van der Waals surface area contributed by atoms with Crippen LogP contribution in [0.4, 0.5) is 5.69 Å². The van der Waals surface area contributed by atoms with Crippen molar-refractivity contribution in [2.24, 2.45) is 0 Å². The molecule has 0 saturated carbocycles. The molecule has 1 aromatic heterocycles. The Morgan fingerprint density at radius 2 is 1.89 bits per heavy atom. The van der Waals surface area contributed by atoms with E-state index in [0.717, 1.165) is 42.6 Å². The topological polar surface area (TPSA) is 76.0 Å². The minimum Gasteiger partial charge on any atom is -0.346 e. The van der Waals surface area contributed by atoms with Crippen molar-refractivity contribution in [3.05, 3.63) is 47.0 Å². The van der Waals surface area contributed by atoms with Gasteiger partial charge in [0.25, 0.3) is 11.8 Å². The zero-order valence-electron chi connectivity index (χ0n) is 16.6. The van der Waals surface area contributed by atoms with Gasteiger partial charge in [-0.2, -0.15) is 0 Å². The van der Waals surface area contributed by atoms with E-state index < -0.39 is 0 Å². The van der Waals surface area contributed by atoms with Crippen molar-refractivity contribution in [2.75, 3.05) is 5.32 Å². The molecule has 0 aliphatic carbocycles. The van der Waals surface area contributed by atoms with E-state index in [-0.39, 0.29) is 17.4 Å². The highest BCUT2D eigenvalue weighted by Gasteiger charge is 2.29. The van der Waals surface area contributed by atoms with E-state index in [0.29, 0.717) is 18.1 Å². The first-order valence-corrected chi connectivity index (χ1v) is 9.61. The maximum Gasteiger partial charge on any atom is 0.291 e. The van der Waals surface area contributed by atoms with Gasteiger partial charge in [0.05, 0.1) is 5.69 Å². The van der Waals surface area contributed by atoms with Gasteiger partial charge in [-0.1, -0.05) is 25.1 Å². The second-order valence-corrected chi connectivity index (χ2v) is 8.01. The maximum absolute atomic E-state index is 12.9. The second kappa shape index (κ2) is 7.55. The molecule has 1 aliphatic heterocycles. The van der Waals surface area contributed by atoms with Crippen molar-refractivity contribution < 1.29 is 9.59 Å². The van der Waals surface area contributed by atoms with Crippen LogP contribution < -0.4 is 10.6 Å². The van der Waals surface area contributed by atoms with Gasteiger partial charge in [-0.15, -0.1) is 0 Å². The van der Waals surface area contributed by atoms with Crippen molar-refractivity contribution in [1.82, 2.24) is 14.9 Å². The lowest BCUT2D eigenvalue weighted by atomic mass is 10.1. The van der Waals surface area contributed by atoms with Crippen LogP contribution in [0.2, 0.25) is 0 Å².